The Morgan fingerprint density at radius 1 is 1.00 bits per heavy atom. The predicted octanol–water partition coefficient (Wildman–Crippen LogP) is 1.60. The summed E-state index contributed by atoms with van der Waals surface area (Å²) >= 11 is 0. The Bertz CT molecular complexity index is 144. The molecule has 1 aliphatic heterocycles. The van der Waals surface area contributed by atoms with Gasteiger partial charge >= 0.3 is 0 Å². The molecule has 13 heavy (non-hydrogen) atoms. The quantitative estimate of drug-likeness (QED) is 0.657. The van der Waals surface area contributed by atoms with E-state index in [0.717, 1.165) is 19.0 Å². The van der Waals surface area contributed by atoms with Crippen LogP contribution in [-0.4, -0.2) is 30.6 Å². The third-order valence-corrected chi connectivity index (χ3v) is 3.48. The normalized spacial score (nSPS) is 28.4. The average molecular weight is 182 g/mol. The summed E-state index contributed by atoms with van der Waals surface area (Å²) in [7, 11) is 0. The summed E-state index contributed by atoms with van der Waals surface area (Å²) in [6.45, 7) is 3.63. The van der Waals surface area contributed by atoms with Crippen molar-refractivity contribution in [3.05, 3.63) is 0 Å². The van der Waals surface area contributed by atoms with Crippen LogP contribution in [0.3, 0.4) is 0 Å². The third-order valence-electron chi connectivity index (χ3n) is 3.48. The molecule has 1 saturated heterocycles. The molecule has 2 heteroatoms. The second-order valence-corrected chi connectivity index (χ2v) is 4.84. The molecule has 2 aliphatic rings. The van der Waals surface area contributed by atoms with E-state index in [1.54, 1.807) is 0 Å². The van der Waals surface area contributed by atoms with Crippen LogP contribution in [0, 0.1) is 5.92 Å². The minimum atomic E-state index is 0.478. The van der Waals surface area contributed by atoms with E-state index in [1.807, 2.05) is 0 Å². The summed E-state index contributed by atoms with van der Waals surface area (Å²) < 4.78 is 0. The van der Waals surface area contributed by atoms with Crippen molar-refractivity contribution in [3.8, 4) is 0 Å². The molecule has 0 amide bonds. The fourth-order valence-electron chi connectivity index (χ4n) is 2.67. The standard InChI is InChI=1S/C11H22N2/c12-11-8-13(9-11)7-10-5-3-1-2-4-6-10/h10-11H,1-9,12H2. The first-order chi connectivity index (χ1) is 6.34. The molecule has 0 spiro atoms. The van der Waals surface area contributed by atoms with E-state index in [-0.39, 0.29) is 0 Å². The molecule has 2 N–H and O–H groups in total. The summed E-state index contributed by atoms with van der Waals surface area (Å²) in [6, 6.07) is 0.478. The van der Waals surface area contributed by atoms with Gasteiger partial charge in [-0.15, -0.1) is 0 Å². The van der Waals surface area contributed by atoms with Gasteiger partial charge in [0.1, 0.15) is 0 Å². The highest BCUT2D eigenvalue weighted by Crippen LogP contribution is 2.24. The maximum absolute atomic E-state index is 5.76. The molecule has 2 fully saturated rings. The SMILES string of the molecule is NC1CN(CC2CCCCCC2)C1. The molecule has 76 valence electrons. The fraction of sp³-hybridized carbons (Fsp3) is 1.00. The molecule has 1 aliphatic carbocycles. The highest BCUT2D eigenvalue weighted by molar-refractivity contribution is 4.84. The average Bonchev–Trinajstić information content (AvgIpc) is 2.30. The van der Waals surface area contributed by atoms with Crippen LogP contribution >= 0.6 is 0 Å². The molecular weight excluding hydrogens is 160 g/mol. The molecule has 0 aromatic rings. The number of rotatable bonds is 2. The van der Waals surface area contributed by atoms with Crippen LogP contribution in [0.5, 0.6) is 0 Å². The van der Waals surface area contributed by atoms with Crippen molar-refractivity contribution in [1.82, 2.24) is 4.90 Å². The van der Waals surface area contributed by atoms with Crippen LogP contribution < -0.4 is 5.73 Å². The van der Waals surface area contributed by atoms with Crippen LogP contribution in [0.15, 0.2) is 0 Å². The summed E-state index contributed by atoms with van der Waals surface area (Å²) in [5, 5.41) is 0. The third kappa shape index (κ3) is 2.68. The first-order valence-corrected chi connectivity index (χ1v) is 5.82. The maximum Gasteiger partial charge on any atom is 0.0297 e. The zero-order valence-corrected chi connectivity index (χ0v) is 8.54. The molecular formula is C11H22N2. The van der Waals surface area contributed by atoms with Crippen molar-refractivity contribution in [2.45, 2.75) is 44.6 Å². The minimum Gasteiger partial charge on any atom is -0.325 e. The van der Waals surface area contributed by atoms with Gasteiger partial charge in [-0.05, 0) is 18.8 Å². The van der Waals surface area contributed by atoms with Crippen LogP contribution in [0.1, 0.15) is 38.5 Å². The Kier molecular flexibility index (Phi) is 3.23. The molecule has 0 atom stereocenters. The van der Waals surface area contributed by atoms with E-state index in [1.165, 1.54) is 45.1 Å². The Labute approximate surface area is 81.5 Å². The van der Waals surface area contributed by atoms with Crippen LogP contribution in [0.25, 0.3) is 0 Å². The van der Waals surface area contributed by atoms with Gasteiger partial charge in [0.05, 0.1) is 0 Å². The van der Waals surface area contributed by atoms with Crippen molar-refractivity contribution in [1.29, 1.82) is 0 Å². The lowest BCUT2D eigenvalue weighted by atomic mass is 9.97. The molecule has 2 nitrogen and oxygen atoms in total. The fourth-order valence-corrected chi connectivity index (χ4v) is 2.67. The zero-order chi connectivity index (χ0) is 9.10. The van der Waals surface area contributed by atoms with Gasteiger partial charge in [0.15, 0.2) is 0 Å². The lowest BCUT2D eigenvalue weighted by Crippen LogP contribution is -2.56. The van der Waals surface area contributed by atoms with E-state index < -0.39 is 0 Å². The van der Waals surface area contributed by atoms with E-state index in [4.69, 9.17) is 5.73 Å². The molecule has 0 aromatic carbocycles. The molecule has 0 bridgehead atoms. The first-order valence-electron chi connectivity index (χ1n) is 5.82. The number of nitrogens with two attached hydrogens (primary N) is 1. The number of hydrogen-bond donors (Lipinski definition) is 1. The molecule has 2 rings (SSSR count). The van der Waals surface area contributed by atoms with Crippen LogP contribution in [0.4, 0.5) is 0 Å². The summed E-state index contributed by atoms with van der Waals surface area (Å²) in [5.74, 6) is 0.981. The molecule has 0 radical (unpaired) electrons. The Balaban J connectivity index is 1.67. The Morgan fingerprint density at radius 2 is 1.62 bits per heavy atom. The van der Waals surface area contributed by atoms with Gasteiger partial charge in [0.2, 0.25) is 0 Å². The van der Waals surface area contributed by atoms with E-state index >= 15 is 0 Å². The number of likely N-dealkylation sites (tertiary alicyclic amines) is 1. The van der Waals surface area contributed by atoms with E-state index in [0.29, 0.717) is 6.04 Å². The van der Waals surface area contributed by atoms with E-state index in [9.17, 15) is 0 Å². The van der Waals surface area contributed by atoms with Gasteiger partial charge in [-0.1, -0.05) is 25.7 Å². The minimum absolute atomic E-state index is 0.478. The van der Waals surface area contributed by atoms with Gasteiger partial charge in [0.25, 0.3) is 0 Å². The Morgan fingerprint density at radius 3 is 2.15 bits per heavy atom. The van der Waals surface area contributed by atoms with E-state index in [2.05, 4.69) is 4.90 Å². The van der Waals surface area contributed by atoms with Crippen LogP contribution in [-0.2, 0) is 0 Å². The lowest BCUT2D eigenvalue weighted by Gasteiger charge is -2.39. The van der Waals surface area contributed by atoms with Crippen molar-refractivity contribution < 1.29 is 0 Å². The number of hydrogen-bond acceptors (Lipinski definition) is 2. The topological polar surface area (TPSA) is 29.3 Å². The van der Waals surface area contributed by atoms with Gasteiger partial charge in [0, 0.05) is 25.7 Å². The highest BCUT2D eigenvalue weighted by Gasteiger charge is 2.25. The van der Waals surface area contributed by atoms with Gasteiger partial charge < -0.3 is 5.73 Å². The largest absolute Gasteiger partial charge is 0.325 e. The highest BCUT2D eigenvalue weighted by atomic mass is 15.2. The van der Waals surface area contributed by atoms with Gasteiger partial charge in [-0.25, -0.2) is 0 Å². The first kappa shape index (κ1) is 9.47. The smallest absolute Gasteiger partial charge is 0.0297 e. The van der Waals surface area contributed by atoms with Gasteiger partial charge in [-0.2, -0.15) is 0 Å². The van der Waals surface area contributed by atoms with Crippen molar-refractivity contribution in [2.75, 3.05) is 19.6 Å². The van der Waals surface area contributed by atoms with Gasteiger partial charge in [-0.3, -0.25) is 4.90 Å². The summed E-state index contributed by atoms with van der Waals surface area (Å²) in [4.78, 5) is 2.53. The maximum atomic E-state index is 5.76. The molecule has 0 unspecified atom stereocenters. The lowest BCUT2D eigenvalue weighted by molar-refractivity contribution is 0.121. The summed E-state index contributed by atoms with van der Waals surface area (Å²) in [5.41, 5.74) is 5.76. The molecule has 0 aromatic heterocycles. The second-order valence-electron chi connectivity index (χ2n) is 4.84. The Hall–Kier alpha value is -0.0800. The molecule has 1 heterocycles. The van der Waals surface area contributed by atoms with Crippen LogP contribution in [0.2, 0.25) is 0 Å². The predicted molar refractivity (Wildman–Crippen MR) is 55.6 cm³/mol. The van der Waals surface area contributed by atoms with Crippen molar-refractivity contribution >= 4 is 0 Å². The summed E-state index contributed by atoms with van der Waals surface area (Å²) in [6.07, 6.45) is 8.79. The second kappa shape index (κ2) is 4.43. The molecule has 1 saturated carbocycles. The zero-order valence-electron chi connectivity index (χ0n) is 8.54. The monoisotopic (exact) mass is 182 g/mol. The van der Waals surface area contributed by atoms with Crippen molar-refractivity contribution in [2.24, 2.45) is 11.7 Å². The van der Waals surface area contributed by atoms with Crippen molar-refractivity contribution in [3.63, 3.8) is 0 Å². The number of nitrogens with zero attached hydrogens (tertiary/aromatic N) is 1.